The lowest BCUT2D eigenvalue weighted by Crippen LogP contribution is -2.44. The molecule has 1 aromatic rings. The molecule has 1 amide bonds. The minimum absolute atomic E-state index is 0.326. The topological polar surface area (TPSA) is 81.7 Å². The fourth-order valence-electron chi connectivity index (χ4n) is 1.70. The van der Waals surface area contributed by atoms with Gasteiger partial charge in [0.2, 0.25) is 0 Å². The maximum absolute atomic E-state index is 11.7. The van der Waals surface area contributed by atoms with Crippen molar-refractivity contribution in [1.29, 1.82) is 0 Å². The first-order chi connectivity index (χ1) is 11.3. The van der Waals surface area contributed by atoms with Crippen LogP contribution in [0.25, 0.3) is 6.08 Å². The number of hydrogen-bond donors (Lipinski definition) is 1. The number of benzene rings is 1. The summed E-state index contributed by atoms with van der Waals surface area (Å²) in [4.78, 5) is 34.6. The van der Waals surface area contributed by atoms with Gasteiger partial charge >= 0.3 is 11.9 Å². The lowest BCUT2D eigenvalue weighted by atomic mass is 10.0. The van der Waals surface area contributed by atoms with Crippen LogP contribution in [0.1, 0.15) is 43.1 Å². The van der Waals surface area contributed by atoms with E-state index >= 15 is 0 Å². The second-order valence-electron chi connectivity index (χ2n) is 5.84. The van der Waals surface area contributed by atoms with E-state index in [4.69, 9.17) is 4.74 Å². The van der Waals surface area contributed by atoms with Gasteiger partial charge in [-0.2, -0.15) is 0 Å². The van der Waals surface area contributed by atoms with Gasteiger partial charge in [0.25, 0.3) is 5.91 Å². The zero-order valence-electron chi connectivity index (χ0n) is 14.4. The zero-order valence-corrected chi connectivity index (χ0v) is 14.4. The zero-order chi connectivity index (χ0) is 18.2. The molecule has 0 aliphatic carbocycles. The van der Waals surface area contributed by atoms with Gasteiger partial charge in [0.05, 0.1) is 12.7 Å². The molecule has 0 atom stereocenters. The van der Waals surface area contributed by atoms with E-state index in [1.807, 2.05) is 20.8 Å². The lowest BCUT2D eigenvalue weighted by Gasteiger charge is -2.24. The van der Waals surface area contributed by atoms with Crippen molar-refractivity contribution in [2.45, 2.75) is 32.7 Å². The SMILES string of the molecule is CCC(C)(C)NC(=O)COC(=O)/C=C/c1ccc(C(=O)OC)cc1. The Bertz CT molecular complexity index is 617. The summed E-state index contributed by atoms with van der Waals surface area (Å²) in [5.41, 5.74) is 0.810. The van der Waals surface area contributed by atoms with Crippen molar-refractivity contribution in [2.75, 3.05) is 13.7 Å². The van der Waals surface area contributed by atoms with E-state index in [0.29, 0.717) is 5.56 Å². The molecule has 0 aliphatic heterocycles. The van der Waals surface area contributed by atoms with Crippen molar-refractivity contribution in [2.24, 2.45) is 0 Å². The summed E-state index contributed by atoms with van der Waals surface area (Å²) >= 11 is 0. The Morgan fingerprint density at radius 3 is 2.33 bits per heavy atom. The highest BCUT2D eigenvalue weighted by Crippen LogP contribution is 2.08. The molecule has 0 unspecified atom stereocenters. The number of nitrogens with one attached hydrogen (secondary N) is 1. The van der Waals surface area contributed by atoms with E-state index in [1.54, 1.807) is 24.3 Å². The molecule has 1 rings (SSSR count). The maximum atomic E-state index is 11.7. The average molecular weight is 333 g/mol. The molecule has 0 heterocycles. The van der Waals surface area contributed by atoms with Crippen molar-refractivity contribution in [3.05, 3.63) is 41.5 Å². The van der Waals surface area contributed by atoms with Gasteiger partial charge in [-0.25, -0.2) is 9.59 Å². The molecular formula is C18H23NO5. The number of ether oxygens (including phenoxy) is 2. The molecule has 6 nitrogen and oxygen atoms in total. The second kappa shape index (κ2) is 8.86. The molecule has 0 aromatic heterocycles. The quantitative estimate of drug-likeness (QED) is 0.612. The normalized spacial score (nSPS) is 11.2. The molecule has 6 heteroatoms. The monoisotopic (exact) mass is 333 g/mol. The third-order valence-electron chi connectivity index (χ3n) is 3.45. The van der Waals surface area contributed by atoms with Gasteiger partial charge in [0.1, 0.15) is 0 Å². The molecule has 0 aliphatic rings. The molecule has 0 saturated carbocycles. The molecular weight excluding hydrogens is 310 g/mol. The summed E-state index contributed by atoms with van der Waals surface area (Å²) in [7, 11) is 1.31. The molecule has 0 spiro atoms. The lowest BCUT2D eigenvalue weighted by molar-refractivity contribution is -0.144. The number of carbonyl (C=O) groups is 3. The Morgan fingerprint density at radius 2 is 1.79 bits per heavy atom. The van der Waals surface area contributed by atoms with Crippen LogP contribution < -0.4 is 5.32 Å². The van der Waals surface area contributed by atoms with Gasteiger partial charge in [-0.15, -0.1) is 0 Å². The molecule has 130 valence electrons. The second-order valence-corrected chi connectivity index (χ2v) is 5.84. The Labute approximate surface area is 141 Å². The summed E-state index contributed by atoms with van der Waals surface area (Å²) in [5, 5.41) is 2.77. The number of amides is 1. The third-order valence-corrected chi connectivity index (χ3v) is 3.45. The van der Waals surface area contributed by atoms with Crippen LogP contribution in [0.2, 0.25) is 0 Å². The van der Waals surface area contributed by atoms with Crippen molar-refractivity contribution in [1.82, 2.24) is 5.32 Å². The van der Waals surface area contributed by atoms with E-state index in [1.165, 1.54) is 19.3 Å². The van der Waals surface area contributed by atoms with Gasteiger partial charge in [-0.1, -0.05) is 19.1 Å². The molecule has 1 N–H and O–H groups in total. The van der Waals surface area contributed by atoms with Crippen LogP contribution >= 0.6 is 0 Å². The van der Waals surface area contributed by atoms with E-state index in [-0.39, 0.29) is 18.1 Å². The first-order valence-corrected chi connectivity index (χ1v) is 7.61. The van der Waals surface area contributed by atoms with E-state index in [2.05, 4.69) is 10.1 Å². The summed E-state index contributed by atoms with van der Waals surface area (Å²) in [6.45, 7) is 5.42. The van der Waals surface area contributed by atoms with E-state index < -0.39 is 11.9 Å². The fraction of sp³-hybridized carbons (Fsp3) is 0.389. The standard InChI is InChI=1S/C18H23NO5/c1-5-18(2,3)19-15(20)12-24-16(21)11-8-13-6-9-14(10-7-13)17(22)23-4/h6-11H,5,12H2,1-4H3,(H,19,20)/b11-8+. The van der Waals surface area contributed by atoms with E-state index in [9.17, 15) is 14.4 Å². The van der Waals surface area contributed by atoms with Gasteiger partial charge in [0, 0.05) is 11.6 Å². The van der Waals surface area contributed by atoms with Gasteiger partial charge in [-0.05, 0) is 44.0 Å². The number of hydrogen-bond acceptors (Lipinski definition) is 5. The molecule has 0 fully saturated rings. The van der Waals surface area contributed by atoms with Gasteiger partial charge in [-0.3, -0.25) is 4.79 Å². The van der Waals surface area contributed by atoms with Gasteiger partial charge in [0.15, 0.2) is 6.61 Å². The molecule has 1 aromatic carbocycles. The molecule has 0 saturated heterocycles. The maximum Gasteiger partial charge on any atom is 0.337 e. The molecule has 24 heavy (non-hydrogen) atoms. The van der Waals surface area contributed by atoms with Crippen molar-refractivity contribution in [3.63, 3.8) is 0 Å². The predicted octanol–water partition coefficient (Wildman–Crippen LogP) is 2.33. The number of carbonyl (C=O) groups excluding carboxylic acids is 3. The summed E-state index contributed by atoms with van der Waals surface area (Å²) in [6, 6.07) is 6.53. The number of esters is 2. The highest BCUT2D eigenvalue weighted by Gasteiger charge is 2.18. The van der Waals surface area contributed by atoms with Crippen LogP contribution in [0.5, 0.6) is 0 Å². The highest BCUT2D eigenvalue weighted by molar-refractivity contribution is 5.91. The van der Waals surface area contributed by atoms with Crippen molar-refractivity contribution >= 4 is 23.9 Å². The average Bonchev–Trinajstić information content (AvgIpc) is 2.57. The predicted molar refractivity (Wildman–Crippen MR) is 90.3 cm³/mol. The third kappa shape index (κ3) is 6.64. The van der Waals surface area contributed by atoms with Crippen LogP contribution in [-0.4, -0.2) is 37.1 Å². The summed E-state index contributed by atoms with van der Waals surface area (Å²) in [6.07, 6.45) is 3.54. The van der Waals surface area contributed by atoms with E-state index in [0.717, 1.165) is 12.0 Å². The van der Waals surface area contributed by atoms with Gasteiger partial charge < -0.3 is 14.8 Å². The van der Waals surface area contributed by atoms with Crippen molar-refractivity contribution < 1.29 is 23.9 Å². The number of methoxy groups -OCH3 is 1. The van der Waals surface area contributed by atoms with Crippen LogP contribution in [0.3, 0.4) is 0 Å². The Morgan fingerprint density at radius 1 is 1.17 bits per heavy atom. The molecule has 0 bridgehead atoms. The molecule has 0 radical (unpaired) electrons. The first kappa shape index (κ1) is 19.4. The highest BCUT2D eigenvalue weighted by atomic mass is 16.5. The smallest absolute Gasteiger partial charge is 0.337 e. The Balaban J connectivity index is 2.48. The van der Waals surface area contributed by atoms with Crippen molar-refractivity contribution in [3.8, 4) is 0 Å². The fourth-order valence-corrected chi connectivity index (χ4v) is 1.70. The number of rotatable bonds is 7. The van der Waals surface area contributed by atoms with Crippen LogP contribution in [0.15, 0.2) is 30.3 Å². The summed E-state index contributed by atoms with van der Waals surface area (Å²) in [5.74, 6) is -1.38. The summed E-state index contributed by atoms with van der Waals surface area (Å²) < 4.78 is 9.49. The Kier molecular flexibility index (Phi) is 7.17. The van der Waals surface area contributed by atoms with Crippen LogP contribution in [0.4, 0.5) is 0 Å². The Hall–Kier alpha value is -2.63. The minimum atomic E-state index is -0.614. The van der Waals surface area contributed by atoms with Crippen LogP contribution in [0, 0.1) is 0 Å². The largest absolute Gasteiger partial charge is 0.465 e. The minimum Gasteiger partial charge on any atom is -0.465 e. The first-order valence-electron chi connectivity index (χ1n) is 7.61. The van der Waals surface area contributed by atoms with Crippen LogP contribution in [-0.2, 0) is 19.1 Å².